The number of allylic oxidation sites excluding steroid dienone is 1. The molecule has 1 heterocycles. The Morgan fingerprint density at radius 1 is 0.897 bits per heavy atom. The number of anilines is 2. The maximum absolute atomic E-state index is 14.0. The van der Waals surface area contributed by atoms with Crippen molar-refractivity contribution < 1.29 is 23.7 Å². The lowest BCUT2D eigenvalue weighted by atomic mass is 9.78. The Morgan fingerprint density at radius 3 is 2.38 bits per heavy atom. The van der Waals surface area contributed by atoms with E-state index in [1.165, 1.54) is 0 Å². The van der Waals surface area contributed by atoms with E-state index in [4.69, 9.17) is 18.9 Å². The molecule has 7 heteroatoms. The largest absolute Gasteiger partial charge is 0.493 e. The minimum atomic E-state index is -0.405. The van der Waals surface area contributed by atoms with Gasteiger partial charge in [0.2, 0.25) is 0 Å². The van der Waals surface area contributed by atoms with Gasteiger partial charge in [0, 0.05) is 23.3 Å². The zero-order valence-electron chi connectivity index (χ0n) is 23.2. The smallest absolute Gasteiger partial charge is 0.166 e. The third kappa shape index (κ3) is 5.26. The van der Waals surface area contributed by atoms with Crippen molar-refractivity contribution in [2.75, 3.05) is 31.5 Å². The fourth-order valence-corrected chi connectivity index (χ4v) is 5.47. The van der Waals surface area contributed by atoms with Crippen molar-refractivity contribution in [1.29, 1.82) is 0 Å². The molecular weight excluding hydrogens is 492 g/mol. The molecule has 2 atom stereocenters. The van der Waals surface area contributed by atoms with Crippen LogP contribution in [0.5, 0.6) is 23.0 Å². The van der Waals surface area contributed by atoms with E-state index in [0.29, 0.717) is 42.4 Å². The second-order valence-electron chi connectivity index (χ2n) is 10.1. The second kappa shape index (κ2) is 11.3. The Kier molecular flexibility index (Phi) is 7.68. The highest BCUT2D eigenvalue weighted by atomic mass is 16.5. The van der Waals surface area contributed by atoms with Crippen LogP contribution in [0.25, 0.3) is 0 Å². The van der Waals surface area contributed by atoms with Crippen LogP contribution in [0.3, 0.4) is 0 Å². The highest BCUT2D eigenvalue weighted by Crippen LogP contribution is 2.48. The summed E-state index contributed by atoms with van der Waals surface area (Å²) in [5.41, 5.74) is 5.39. The van der Waals surface area contributed by atoms with Gasteiger partial charge in [0.15, 0.2) is 28.8 Å². The minimum Gasteiger partial charge on any atom is -0.493 e. The van der Waals surface area contributed by atoms with Crippen LogP contribution in [-0.2, 0) is 4.79 Å². The Balaban J connectivity index is 1.59. The summed E-state index contributed by atoms with van der Waals surface area (Å²) >= 11 is 0. The molecule has 0 saturated heterocycles. The molecule has 5 rings (SSSR count). The van der Waals surface area contributed by atoms with Gasteiger partial charge in [-0.3, -0.25) is 4.79 Å². The lowest BCUT2D eigenvalue weighted by Crippen LogP contribution is -2.27. The first-order chi connectivity index (χ1) is 18.9. The van der Waals surface area contributed by atoms with Gasteiger partial charge in [0.05, 0.1) is 44.3 Å². The molecule has 1 aliphatic carbocycles. The van der Waals surface area contributed by atoms with Crippen LogP contribution in [0.1, 0.15) is 56.7 Å². The van der Waals surface area contributed by atoms with Crippen molar-refractivity contribution in [2.24, 2.45) is 0 Å². The summed E-state index contributed by atoms with van der Waals surface area (Å²) in [7, 11) is 3.27. The number of hydrogen-bond donors (Lipinski definition) is 2. The number of hydrogen-bond acceptors (Lipinski definition) is 7. The fourth-order valence-electron chi connectivity index (χ4n) is 5.47. The molecule has 2 N–H and O–H groups in total. The zero-order valence-corrected chi connectivity index (χ0v) is 23.2. The summed E-state index contributed by atoms with van der Waals surface area (Å²) in [6, 6.07) is 19.4. The van der Waals surface area contributed by atoms with Gasteiger partial charge in [-0.15, -0.1) is 0 Å². The third-order valence-electron chi connectivity index (χ3n) is 7.16. The normalized spacial score (nSPS) is 18.4. The van der Waals surface area contributed by atoms with E-state index < -0.39 is 6.04 Å². The molecule has 2 unspecified atom stereocenters. The molecule has 39 heavy (non-hydrogen) atoms. The van der Waals surface area contributed by atoms with E-state index in [9.17, 15) is 4.79 Å². The molecule has 204 valence electrons. The number of fused-ring (bicyclic) bond motifs is 1. The number of methoxy groups -OCH3 is 2. The molecule has 0 fully saturated rings. The quantitative estimate of drug-likeness (QED) is 0.330. The number of nitrogens with one attached hydrogen (secondary N) is 2. The van der Waals surface area contributed by atoms with Gasteiger partial charge in [-0.25, -0.2) is 0 Å². The van der Waals surface area contributed by atoms with E-state index in [1.807, 2.05) is 81.4 Å². The summed E-state index contributed by atoms with van der Waals surface area (Å²) in [5, 5.41) is 7.25. The molecular formula is C32H36N2O5. The third-order valence-corrected chi connectivity index (χ3v) is 7.16. The van der Waals surface area contributed by atoms with Crippen LogP contribution in [0, 0.1) is 0 Å². The standard InChI is InChI=1S/C32H36N2O5/c1-6-38-32-22(10-9-13-28(32)36-4)31-30-25(33-23-11-7-8-12-24(23)34-31)16-21(17-26(30)35)20-14-15-27(39-19(2)3)29(18-20)37-5/h7-15,18-19,21,31,33-34H,6,16-17H2,1-5H3. The molecule has 0 saturated carbocycles. The average molecular weight is 529 g/mol. The molecule has 0 amide bonds. The molecule has 2 aliphatic rings. The first-order valence-electron chi connectivity index (χ1n) is 13.5. The number of carbonyl (C=O) groups is 1. The number of para-hydroxylation sites is 3. The fraction of sp³-hybridized carbons (Fsp3) is 0.344. The van der Waals surface area contributed by atoms with Gasteiger partial charge >= 0.3 is 0 Å². The molecule has 3 aromatic rings. The van der Waals surface area contributed by atoms with Crippen molar-refractivity contribution in [3.05, 3.63) is 83.1 Å². The summed E-state index contributed by atoms with van der Waals surface area (Å²) in [4.78, 5) is 14.0. The number of ketones is 1. The SMILES string of the molecule is CCOc1c(OC)cccc1C1Nc2ccccc2NC2=C1C(=O)CC(c1ccc(OC(C)C)c(OC)c1)C2. The van der Waals surface area contributed by atoms with Crippen LogP contribution in [-0.4, -0.2) is 32.7 Å². The van der Waals surface area contributed by atoms with Gasteiger partial charge in [-0.05, 0) is 69.0 Å². The highest BCUT2D eigenvalue weighted by Gasteiger charge is 2.37. The molecule has 1 aliphatic heterocycles. The van der Waals surface area contributed by atoms with E-state index in [-0.39, 0.29) is 17.8 Å². The predicted molar refractivity (Wildman–Crippen MR) is 153 cm³/mol. The second-order valence-corrected chi connectivity index (χ2v) is 10.1. The predicted octanol–water partition coefficient (Wildman–Crippen LogP) is 6.87. The Hall–Kier alpha value is -4.13. The number of benzene rings is 3. The van der Waals surface area contributed by atoms with Gasteiger partial charge in [0.25, 0.3) is 0 Å². The first kappa shape index (κ1) is 26.5. The number of Topliss-reactive ketones (excluding diaryl/α,β-unsaturated/α-hetero) is 1. The van der Waals surface area contributed by atoms with E-state index in [0.717, 1.165) is 33.8 Å². The van der Waals surface area contributed by atoms with E-state index >= 15 is 0 Å². The Morgan fingerprint density at radius 2 is 1.67 bits per heavy atom. The molecule has 0 aromatic heterocycles. The van der Waals surface area contributed by atoms with Crippen LogP contribution in [0.4, 0.5) is 11.4 Å². The van der Waals surface area contributed by atoms with Crippen molar-refractivity contribution in [3.63, 3.8) is 0 Å². The van der Waals surface area contributed by atoms with E-state index in [2.05, 4.69) is 10.6 Å². The molecule has 0 radical (unpaired) electrons. The zero-order chi connectivity index (χ0) is 27.5. The lowest BCUT2D eigenvalue weighted by molar-refractivity contribution is -0.116. The maximum atomic E-state index is 14.0. The number of carbonyl (C=O) groups excluding carboxylic acids is 1. The average Bonchev–Trinajstić information content (AvgIpc) is 3.10. The van der Waals surface area contributed by atoms with Crippen LogP contribution in [0.2, 0.25) is 0 Å². The van der Waals surface area contributed by atoms with Crippen LogP contribution in [0.15, 0.2) is 71.9 Å². The monoisotopic (exact) mass is 528 g/mol. The molecule has 3 aromatic carbocycles. The molecule has 0 bridgehead atoms. The summed E-state index contributed by atoms with van der Waals surface area (Å²) in [6.45, 7) is 6.40. The topological polar surface area (TPSA) is 78.1 Å². The summed E-state index contributed by atoms with van der Waals surface area (Å²) < 4.78 is 23.2. The van der Waals surface area contributed by atoms with Crippen molar-refractivity contribution in [2.45, 2.75) is 51.7 Å². The Labute approximate surface area is 230 Å². The van der Waals surface area contributed by atoms with Gasteiger partial charge in [-0.1, -0.05) is 30.3 Å². The first-order valence-corrected chi connectivity index (χ1v) is 13.5. The minimum absolute atomic E-state index is 0.00617. The number of ether oxygens (including phenoxy) is 4. The van der Waals surface area contributed by atoms with Crippen LogP contribution < -0.4 is 29.6 Å². The summed E-state index contributed by atoms with van der Waals surface area (Å²) in [5.74, 6) is 2.74. The number of rotatable bonds is 8. The van der Waals surface area contributed by atoms with Gasteiger partial charge in [-0.2, -0.15) is 0 Å². The summed E-state index contributed by atoms with van der Waals surface area (Å²) in [6.07, 6.45) is 1.09. The van der Waals surface area contributed by atoms with Crippen molar-refractivity contribution >= 4 is 17.2 Å². The van der Waals surface area contributed by atoms with Crippen LogP contribution >= 0.6 is 0 Å². The highest BCUT2D eigenvalue weighted by molar-refractivity contribution is 6.01. The Bertz CT molecular complexity index is 1400. The van der Waals surface area contributed by atoms with E-state index in [1.54, 1.807) is 14.2 Å². The maximum Gasteiger partial charge on any atom is 0.166 e. The van der Waals surface area contributed by atoms with Crippen molar-refractivity contribution in [3.8, 4) is 23.0 Å². The van der Waals surface area contributed by atoms with Gasteiger partial charge in [0.1, 0.15) is 0 Å². The van der Waals surface area contributed by atoms with Gasteiger partial charge < -0.3 is 29.6 Å². The van der Waals surface area contributed by atoms with Crippen molar-refractivity contribution in [1.82, 2.24) is 0 Å². The molecule has 7 nitrogen and oxygen atoms in total. The molecule has 0 spiro atoms. The lowest BCUT2D eigenvalue weighted by Gasteiger charge is -2.31.